The van der Waals surface area contributed by atoms with Gasteiger partial charge in [-0.1, -0.05) is 6.07 Å². The van der Waals surface area contributed by atoms with Crippen molar-refractivity contribution < 1.29 is 14.3 Å². The number of pyridine rings is 1. The highest BCUT2D eigenvalue weighted by atomic mass is 16.6. The lowest BCUT2D eigenvalue weighted by atomic mass is 10.3. The van der Waals surface area contributed by atoms with Crippen LogP contribution in [0.5, 0.6) is 0 Å². The number of carbonyl (C=O) groups excluding carboxylic acids is 1. The largest absolute Gasteiger partial charge is 0.455 e. The lowest BCUT2D eigenvalue weighted by Crippen LogP contribution is -2.20. The topological polar surface area (TPSA) is 48.4 Å². The Bertz CT molecular complexity index is 287. The van der Waals surface area contributed by atoms with E-state index in [0.717, 1.165) is 0 Å². The van der Waals surface area contributed by atoms with Crippen LogP contribution in [-0.2, 0) is 9.47 Å². The number of carbonyl (C=O) groups is 1. The summed E-state index contributed by atoms with van der Waals surface area (Å²) < 4.78 is 9.89. The minimum absolute atomic E-state index is 0.255. The molecule has 76 valence electrons. The molecule has 0 amide bonds. The van der Waals surface area contributed by atoms with E-state index in [-0.39, 0.29) is 6.10 Å². The second-order valence-corrected chi connectivity index (χ2v) is 2.89. The van der Waals surface area contributed by atoms with Crippen molar-refractivity contribution in [1.29, 1.82) is 0 Å². The Kier molecular flexibility index (Phi) is 4.07. The van der Waals surface area contributed by atoms with E-state index in [0.29, 0.717) is 12.3 Å². The second-order valence-electron chi connectivity index (χ2n) is 2.89. The molecule has 0 saturated carbocycles. The maximum atomic E-state index is 11.4. The van der Waals surface area contributed by atoms with Crippen molar-refractivity contribution in [3.05, 3.63) is 30.1 Å². The number of hydrogen-bond acceptors (Lipinski definition) is 4. The second kappa shape index (κ2) is 5.34. The molecule has 0 aliphatic rings. The van der Waals surface area contributed by atoms with Gasteiger partial charge in [-0.15, -0.1) is 0 Å². The monoisotopic (exact) mass is 195 g/mol. The molecule has 1 heterocycles. The molecule has 4 heteroatoms. The molecule has 0 radical (unpaired) electrons. The normalized spacial score (nSPS) is 12.1. The molecule has 1 unspecified atom stereocenters. The third kappa shape index (κ3) is 3.14. The fourth-order valence-corrected chi connectivity index (χ4v) is 0.995. The van der Waals surface area contributed by atoms with Crippen molar-refractivity contribution in [2.24, 2.45) is 0 Å². The number of ether oxygens (including phenoxy) is 2. The van der Waals surface area contributed by atoms with Gasteiger partial charge in [-0.3, -0.25) is 0 Å². The summed E-state index contributed by atoms with van der Waals surface area (Å²) in [7, 11) is 1.56. The standard InChI is InChI=1S/C10H13NO3/c1-8(7-13-2)14-10(12)9-5-3-4-6-11-9/h3-6,8H,7H2,1-2H3. The van der Waals surface area contributed by atoms with Gasteiger partial charge in [0.1, 0.15) is 11.8 Å². The molecule has 0 fully saturated rings. The number of rotatable bonds is 4. The SMILES string of the molecule is COCC(C)OC(=O)c1ccccn1. The van der Waals surface area contributed by atoms with Gasteiger partial charge >= 0.3 is 5.97 Å². The Balaban J connectivity index is 2.51. The van der Waals surface area contributed by atoms with Crippen LogP contribution in [0.25, 0.3) is 0 Å². The highest BCUT2D eigenvalue weighted by molar-refractivity contribution is 5.87. The minimum atomic E-state index is -0.421. The summed E-state index contributed by atoms with van der Waals surface area (Å²) >= 11 is 0. The van der Waals surface area contributed by atoms with Crippen LogP contribution < -0.4 is 0 Å². The molecule has 0 saturated heterocycles. The van der Waals surface area contributed by atoms with E-state index in [4.69, 9.17) is 9.47 Å². The molecule has 0 aliphatic carbocycles. The highest BCUT2D eigenvalue weighted by Gasteiger charge is 2.11. The van der Waals surface area contributed by atoms with Gasteiger partial charge in [0.15, 0.2) is 0 Å². The molecule has 1 aromatic rings. The average Bonchev–Trinajstić information content (AvgIpc) is 2.19. The molecule has 1 atom stereocenters. The maximum Gasteiger partial charge on any atom is 0.357 e. The molecule has 1 rings (SSSR count). The fraction of sp³-hybridized carbons (Fsp3) is 0.400. The summed E-state index contributed by atoms with van der Waals surface area (Å²) in [5.74, 6) is -0.421. The van der Waals surface area contributed by atoms with Crippen LogP contribution in [0, 0.1) is 0 Å². The summed E-state index contributed by atoms with van der Waals surface area (Å²) in [4.78, 5) is 15.3. The zero-order valence-electron chi connectivity index (χ0n) is 8.27. The van der Waals surface area contributed by atoms with E-state index in [2.05, 4.69) is 4.98 Å². The summed E-state index contributed by atoms with van der Waals surface area (Å²) in [6.45, 7) is 2.16. The first-order valence-electron chi connectivity index (χ1n) is 4.35. The number of esters is 1. The van der Waals surface area contributed by atoms with E-state index >= 15 is 0 Å². The van der Waals surface area contributed by atoms with Crippen molar-refractivity contribution in [1.82, 2.24) is 4.98 Å². The summed E-state index contributed by atoms with van der Waals surface area (Å²) in [5.41, 5.74) is 0.315. The van der Waals surface area contributed by atoms with E-state index in [1.807, 2.05) is 0 Å². The first kappa shape index (κ1) is 10.7. The van der Waals surface area contributed by atoms with Crippen LogP contribution >= 0.6 is 0 Å². The zero-order chi connectivity index (χ0) is 10.4. The van der Waals surface area contributed by atoms with Crippen molar-refractivity contribution >= 4 is 5.97 Å². The van der Waals surface area contributed by atoms with Gasteiger partial charge in [-0.25, -0.2) is 9.78 Å². The predicted molar refractivity (Wildman–Crippen MR) is 51.0 cm³/mol. The van der Waals surface area contributed by atoms with Crippen LogP contribution in [0.1, 0.15) is 17.4 Å². The van der Waals surface area contributed by atoms with Gasteiger partial charge in [0.05, 0.1) is 6.61 Å². The van der Waals surface area contributed by atoms with E-state index < -0.39 is 5.97 Å². The van der Waals surface area contributed by atoms with Gasteiger partial charge in [-0.2, -0.15) is 0 Å². The molecular weight excluding hydrogens is 182 g/mol. The summed E-state index contributed by atoms with van der Waals surface area (Å²) in [6.07, 6.45) is 1.30. The van der Waals surface area contributed by atoms with Crippen LogP contribution in [0.3, 0.4) is 0 Å². The lowest BCUT2D eigenvalue weighted by Gasteiger charge is -2.11. The summed E-state index contributed by atoms with van der Waals surface area (Å²) in [5, 5.41) is 0. The Labute approximate surface area is 82.9 Å². The Morgan fingerprint density at radius 2 is 2.36 bits per heavy atom. The average molecular weight is 195 g/mol. The smallest absolute Gasteiger partial charge is 0.357 e. The molecule has 0 aliphatic heterocycles. The minimum Gasteiger partial charge on any atom is -0.455 e. The number of nitrogens with zero attached hydrogens (tertiary/aromatic N) is 1. The quantitative estimate of drug-likeness (QED) is 0.679. The van der Waals surface area contributed by atoms with E-state index in [9.17, 15) is 4.79 Å². The summed E-state index contributed by atoms with van der Waals surface area (Å²) in [6, 6.07) is 5.10. The zero-order valence-corrected chi connectivity index (χ0v) is 8.27. The predicted octanol–water partition coefficient (Wildman–Crippen LogP) is 1.27. The fourth-order valence-electron chi connectivity index (χ4n) is 0.995. The first-order chi connectivity index (χ1) is 6.74. The van der Waals surface area contributed by atoms with Crippen molar-refractivity contribution in [3.8, 4) is 0 Å². The van der Waals surface area contributed by atoms with Gasteiger partial charge < -0.3 is 9.47 Å². The van der Waals surface area contributed by atoms with Crippen LogP contribution in [0.2, 0.25) is 0 Å². The third-order valence-corrected chi connectivity index (χ3v) is 1.58. The van der Waals surface area contributed by atoms with E-state index in [1.165, 1.54) is 0 Å². The third-order valence-electron chi connectivity index (χ3n) is 1.58. The van der Waals surface area contributed by atoms with Crippen LogP contribution in [0.4, 0.5) is 0 Å². The molecule has 14 heavy (non-hydrogen) atoms. The number of aromatic nitrogens is 1. The molecule has 1 aromatic heterocycles. The van der Waals surface area contributed by atoms with Gasteiger partial charge in [0, 0.05) is 13.3 Å². The number of hydrogen-bond donors (Lipinski definition) is 0. The molecule has 0 aromatic carbocycles. The van der Waals surface area contributed by atoms with Gasteiger partial charge in [-0.05, 0) is 19.1 Å². The van der Waals surface area contributed by atoms with Gasteiger partial charge in [0.2, 0.25) is 0 Å². The Morgan fingerprint density at radius 1 is 1.57 bits per heavy atom. The Hall–Kier alpha value is -1.42. The molecular formula is C10H13NO3. The first-order valence-corrected chi connectivity index (χ1v) is 4.35. The molecule has 0 bridgehead atoms. The van der Waals surface area contributed by atoms with Crippen LogP contribution in [0.15, 0.2) is 24.4 Å². The van der Waals surface area contributed by atoms with Crippen LogP contribution in [-0.4, -0.2) is 30.8 Å². The number of methoxy groups -OCH3 is 1. The molecule has 0 N–H and O–H groups in total. The van der Waals surface area contributed by atoms with Gasteiger partial charge in [0.25, 0.3) is 0 Å². The lowest BCUT2D eigenvalue weighted by molar-refractivity contribution is 0.0114. The Morgan fingerprint density at radius 3 is 2.93 bits per heavy atom. The highest BCUT2D eigenvalue weighted by Crippen LogP contribution is 2.00. The maximum absolute atomic E-state index is 11.4. The van der Waals surface area contributed by atoms with Crippen molar-refractivity contribution in [3.63, 3.8) is 0 Å². The van der Waals surface area contributed by atoms with E-state index in [1.54, 1.807) is 38.4 Å². The molecule has 4 nitrogen and oxygen atoms in total. The molecule has 0 spiro atoms. The van der Waals surface area contributed by atoms with Crippen molar-refractivity contribution in [2.45, 2.75) is 13.0 Å². The van der Waals surface area contributed by atoms with Crippen molar-refractivity contribution in [2.75, 3.05) is 13.7 Å².